The molecule has 0 atom stereocenters. The third kappa shape index (κ3) is 4.52. The van der Waals surface area contributed by atoms with Crippen molar-refractivity contribution in [2.24, 2.45) is 0 Å². The van der Waals surface area contributed by atoms with Gasteiger partial charge in [-0.2, -0.15) is 13.2 Å². The van der Waals surface area contributed by atoms with E-state index >= 15 is 0 Å². The van der Waals surface area contributed by atoms with Crippen LogP contribution >= 0.6 is 0 Å². The number of pyridine rings is 1. The van der Waals surface area contributed by atoms with Crippen molar-refractivity contribution >= 4 is 11.6 Å². The number of hydrogen-bond donors (Lipinski definition) is 0. The highest BCUT2D eigenvalue weighted by molar-refractivity contribution is 5.78. The van der Waals surface area contributed by atoms with Crippen LogP contribution in [0.4, 0.5) is 18.9 Å². The van der Waals surface area contributed by atoms with Crippen LogP contribution < -0.4 is 9.64 Å². The van der Waals surface area contributed by atoms with E-state index in [1.807, 2.05) is 11.0 Å². The smallest absolute Gasteiger partial charge is 0.416 e. The first-order chi connectivity index (χ1) is 14.4. The van der Waals surface area contributed by atoms with Crippen molar-refractivity contribution in [3.63, 3.8) is 0 Å². The molecule has 2 aliphatic rings. The number of halogens is 3. The van der Waals surface area contributed by atoms with E-state index in [1.54, 1.807) is 17.2 Å². The average molecular weight is 419 g/mol. The van der Waals surface area contributed by atoms with E-state index in [2.05, 4.69) is 4.98 Å². The summed E-state index contributed by atoms with van der Waals surface area (Å²) in [4.78, 5) is 20.6. The van der Waals surface area contributed by atoms with E-state index in [0.29, 0.717) is 31.9 Å². The van der Waals surface area contributed by atoms with Gasteiger partial charge in [-0.05, 0) is 49.9 Å². The molecule has 1 fully saturated rings. The van der Waals surface area contributed by atoms with Crippen molar-refractivity contribution in [1.29, 1.82) is 0 Å². The van der Waals surface area contributed by atoms with Gasteiger partial charge < -0.3 is 14.5 Å². The van der Waals surface area contributed by atoms with E-state index in [0.717, 1.165) is 54.8 Å². The summed E-state index contributed by atoms with van der Waals surface area (Å²) < 4.78 is 44.6. The molecule has 0 N–H and O–H groups in total. The molecule has 0 spiro atoms. The highest BCUT2D eigenvalue weighted by atomic mass is 19.4. The molecule has 1 aliphatic heterocycles. The first kappa shape index (κ1) is 20.5. The monoisotopic (exact) mass is 419 g/mol. The molecule has 160 valence electrons. The van der Waals surface area contributed by atoms with E-state index in [1.165, 1.54) is 6.07 Å². The Kier molecular flexibility index (Phi) is 5.83. The number of hydrogen-bond acceptors (Lipinski definition) is 4. The Balaban J connectivity index is 1.32. The van der Waals surface area contributed by atoms with Gasteiger partial charge in [0.05, 0.1) is 5.56 Å². The fourth-order valence-electron chi connectivity index (χ4n) is 4.05. The summed E-state index contributed by atoms with van der Waals surface area (Å²) in [5, 5.41) is 0. The number of nitrogens with zero attached hydrogens (tertiary/aromatic N) is 3. The number of aromatic nitrogens is 1. The molecule has 1 amide bonds. The van der Waals surface area contributed by atoms with Gasteiger partial charge >= 0.3 is 6.18 Å². The van der Waals surface area contributed by atoms with Crippen molar-refractivity contribution in [1.82, 2.24) is 9.88 Å². The number of carbonyl (C=O) groups is 1. The number of anilines is 1. The van der Waals surface area contributed by atoms with Crippen LogP contribution in [-0.2, 0) is 23.8 Å². The first-order valence-corrected chi connectivity index (χ1v) is 10.2. The maximum absolute atomic E-state index is 12.9. The average Bonchev–Trinajstić information content (AvgIpc) is 2.77. The van der Waals surface area contributed by atoms with Crippen LogP contribution in [0.2, 0.25) is 0 Å². The Morgan fingerprint density at radius 1 is 1.07 bits per heavy atom. The van der Waals surface area contributed by atoms with Crippen LogP contribution in [0.15, 0.2) is 36.5 Å². The molecule has 30 heavy (non-hydrogen) atoms. The van der Waals surface area contributed by atoms with Crippen LogP contribution in [0.5, 0.6) is 5.75 Å². The molecular formula is C22H24F3N3O2. The lowest BCUT2D eigenvalue weighted by molar-refractivity contribution is -0.137. The zero-order valence-corrected chi connectivity index (χ0v) is 16.6. The number of rotatable bonds is 4. The predicted molar refractivity (Wildman–Crippen MR) is 107 cm³/mol. The third-order valence-corrected chi connectivity index (χ3v) is 5.71. The van der Waals surface area contributed by atoms with Crippen molar-refractivity contribution in [3.8, 4) is 5.75 Å². The SMILES string of the molecule is O=C(COc1ccnc2c1CCCC2)N1CCN(c2cccc(C(F)(F)F)c2)CC1. The zero-order valence-electron chi connectivity index (χ0n) is 16.6. The number of fused-ring (bicyclic) bond motifs is 1. The summed E-state index contributed by atoms with van der Waals surface area (Å²) in [6, 6.07) is 7.12. The Labute approximate surface area is 173 Å². The number of ether oxygens (including phenoxy) is 1. The summed E-state index contributed by atoms with van der Waals surface area (Å²) in [6.07, 6.45) is 1.44. The fraction of sp³-hybridized carbons (Fsp3) is 0.455. The lowest BCUT2D eigenvalue weighted by Gasteiger charge is -2.36. The molecule has 0 unspecified atom stereocenters. The van der Waals surface area contributed by atoms with Crippen LogP contribution in [0.1, 0.15) is 29.7 Å². The van der Waals surface area contributed by atoms with E-state index in [-0.39, 0.29) is 12.5 Å². The quantitative estimate of drug-likeness (QED) is 0.758. The molecular weight excluding hydrogens is 395 g/mol. The Morgan fingerprint density at radius 3 is 2.60 bits per heavy atom. The third-order valence-electron chi connectivity index (χ3n) is 5.71. The molecule has 8 heteroatoms. The van der Waals surface area contributed by atoms with Gasteiger partial charge in [-0.1, -0.05) is 6.07 Å². The van der Waals surface area contributed by atoms with Gasteiger partial charge in [0.15, 0.2) is 6.61 Å². The Morgan fingerprint density at radius 2 is 1.83 bits per heavy atom. The highest BCUT2D eigenvalue weighted by Crippen LogP contribution is 2.32. The minimum absolute atomic E-state index is 0.0417. The van der Waals surface area contributed by atoms with E-state index < -0.39 is 11.7 Å². The normalized spacial score (nSPS) is 16.9. The predicted octanol–water partition coefficient (Wildman–Crippen LogP) is 3.71. The van der Waals surface area contributed by atoms with Crippen molar-refractivity contribution in [2.45, 2.75) is 31.9 Å². The molecule has 1 aromatic carbocycles. The molecule has 2 aromatic rings. The van der Waals surface area contributed by atoms with Crippen molar-refractivity contribution in [2.75, 3.05) is 37.7 Å². The van der Waals surface area contributed by atoms with Crippen molar-refractivity contribution in [3.05, 3.63) is 53.3 Å². The molecule has 1 saturated heterocycles. The van der Waals surface area contributed by atoms with Gasteiger partial charge in [0.2, 0.25) is 0 Å². The number of carbonyl (C=O) groups excluding carboxylic acids is 1. The van der Waals surface area contributed by atoms with Gasteiger partial charge in [0, 0.05) is 49.3 Å². The van der Waals surface area contributed by atoms with Crippen LogP contribution in [0, 0.1) is 0 Å². The molecule has 0 saturated carbocycles. The minimum atomic E-state index is -4.36. The standard InChI is InChI=1S/C22H24F3N3O2/c23-22(24,25)16-4-3-5-17(14-16)27-10-12-28(13-11-27)21(29)15-30-20-8-9-26-19-7-2-1-6-18(19)20/h3-5,8-9,14H,1-2,6-7,10-13,15H2. The maximum atomic E-state index is 12.9. The topological polar surface area (TPSA) is 45.7 Å². The van der Waals surface area contributed by atoms with E-state index in [4.69, 9.17) is 4.74 Å². The molecule has 0 radical (unpaired) electrons. The van der Waals surface area contributed by atoms with Gasteiger partial charge in [-0.3, -0.25) is 9.78 Å². The number of piperazine rings is 1. The fourth-order valence-corrected chi connectivity index (χ4v) is 4.05. The number of aryl methyl sites for hydroxylation is 1. The number of benzene rings is 1. The van der Waals surface area contributed by atoms with Gasteiger partial charge in [0.1, 0.15) is 5.75 Å². The van der Waals surface area contributed by atoms with Crippen LogP contribution in [0.3, 0.4) is 0 Å². The highest BCUT2D eigenvalue weighted by Gasteiger charge is 2.31. The van der Waals surface area contributed by atoms with Gasteiger partial charge in [-0.15, -0.1) is 0 Å². The summed E-state index contributed by atoms with van der Waals surface area (Å²) in [5.41, 5.74) is 2.02. The second kappa shape index (κ2) is 8.53. The Hall–Kier alpha value is -2.77. The van der Waals surface area contributed by atoms with Gasteiger partial charge in [0.25, 0.3) is 5.91 Å². The van der Waals surface area contributed by atoms with Gasteiger partial charge in [-0.25, -0.2) is 0 Å². The Bertz CT molecular complexity index is 909. The second-order valence-corrected chi connectivity index (χ2v) is 7.65. The van der Waals surface area contributed by atoms with Crippen molar-refractivity contribution < 1.29 is 22.7 Å². The molecule has 1 aromatic heterocycles. The summed E-state index contributed by atoms with van der Waals surface area (Å²) in [5.74, 6) is 0.621. The van der Waals surface area contributed by atoms with E-state index in [9.17, 15) is 18.0 Å². The lowest BCUT2D eigenvalue weighted by Crippen LogP contribution is -2.50. The minimum Gasteiger partial charge on any atom is -0.483 e. The number of alkyl halides is 3. The summed E-state index contributed by atoms with van der Waals surface area (Å²) in [6.45, 7) is 1.83. The largest absolute Gasteiger partial charge is 0.483 e. The summed E-state index contributed by atoms with van der Waals surface area (Å²) >= 11 is 0. The lowest BCUT2D eigenvalue weighted by atomic mass is 9.95. The summed E-state index contributed by atoms with van der Waals surface area (Å²) in [7, 11) is 0. The maximum Gasteiger partial charge on any atom is 0.416 e. The number of amides is 1. The van der Waals surface area contributed by atoms with Crippen LogP contribution in [0.25, 0.3) is 0 Å². The molecule has 5 nitrogen and oxygen atoms in total. The van der Waals surface area contributed by atoms with Crippen LogP contribution in [-0.4, -0.2) is 48.6 Å². The first-order valence-electron chi connectivity index (χ1n) is 10.2. The molecule has 0 bridgehead atoms. The molecule has 4 rings (SSSR count). The second-order valence-electron chi connectivity index (χ2n) is 7.65. The zero-order chi connectivity index (χ0) is 21.1. The molecule has 1 aliphatic carbocycles. The molecule has 2 heterocycles.